The lowest BCUT2D eigenvalue weighted by Crippen LogP contribution is -2.24. The second-order valence-corrected chi connectivity index (χ2v) is 14.3. The summed E-state index contributed by atoms with van der Waals surface area (Å²) in [6, 6.07) is 56.0. The van der Waals surface area contributed by atoms with Crippen LogP contribution in [0, 0.1) is 0 Å². The molecule has 45 heavy (non-hydrogen) atoms. The highest BCUT2D eigenvalue weighted by molar-refractivity contribution is 7.85. The Balaban J connectivity index is 1.26. The maximum atomic E-state index is 14.9. The monoisotopic (exact) mass is 594 g/mol. The third kappa shape index (κ3) is 3.91. The Kier molecular flexibility index (Phi) is 5.78. The van der Waals surface area contributed by atoms with Crippen LogP contribution in [0.3, 0.4) is 0 Å². The standard InChI is InChI=1S/C41H27N2OP/c44-45(31-12-3-1-4-13-31,32-14-5-2-6-15-32)33-23-19-28(20-24-33)30-22-26-38-36(27-30)35-25-21-29-11-7-8-16-34(29)40(35)41-42-37-17-9-10-18-39(37)43(38)41/h1-27H. The third-order valence-electron chi connectivity index (χ3n) is 9.04. The van der Waals surface area contributed by atoms with E-state index in [1.54, 1.807) is 0 Å². The molecule has 2 heterocycles. The summed E-state index contributed by atoms with van der Waals surface area (Å²) in [4.78, 5) is 5.14. The zero-order valence-corrected chi connectivity index (χ0v) is 25.2. The molecule has 2 aromatic heterocycles. The molecule has 0 N–H and O–H groups in total. The van der Waals surface area contributed by atoms with Crippen LogP contribution in [0.15, 0.2) is 164 Å². The minimum atomic E-state index is -3.04. The van der Waals surface area contributed by atoms with E-state index in [-0.39, 0.29) is 0 Å². The van der Waals surface area contributed by atoms with Crippen molar-refractivity contribution < 1.29 is 4.57 Å². The predicted molar refractivity (Wildman–Crippen MR) is 190 cm³/mol. The van der Waals surface area contributed by atoms with Crippen molar-refractivity contribution in [2.45, 2.75) is 0 Å². The summed E-state index contributed by atoms with van der Waals surface area (Å²) in [5.74, 6) is 0. The average Bonchev–Trinajstić information content (AvgIpc) is 3.51. The van der Waals surface area contributed by atoms with E-state index < -0.39 is 7.14 Å². The Morgan fingerprint density at radius 2 is 1.09 bits per heavy atom. The largest absolute Gasteiger partial charge is 0.309 e. The molecule has 9 aromatic rings. The van der Waals surface area contributed by atoms with E-state index in [1.807, 2.05) is 78.9 Å². The fourth-order valence-electron chi connectivity index (χ4n) is 6.89. The number of fused-ring (bicyclic) bond motifs is 10. The number of imidazole rings is 1. The Labute approximate surface area is 260 Å². The Hall–Kier alpha value is -5.50. The number of aromatic nitrogens is 2. The quantitative estimate of drug-likeness (QED) is 0.150. The Morgan fingerprint density at radius 3 is 1.84 bits per heavy atom. The smallest absolute Gasteiger partial charge is 0.171 e. The fourth-order valence-corrected chi connectivity index (χ4v) is 9.53. The molecule has 0 fully saturated rings. The zero-order valence-electron chi connectivity index (χ0n) is 24.3. The SMILES string of the molecule is O=P(c1ccccc1)(c1ccccc1)c1ccc(-c2ccc3c(c2)c2ccc4ccccc4c2c2nc4ccccc4n32)cc1. The molecule has 0 aliphatic heterocycles. The summed E-state index contributed by atoms with van der Waals surface area (Å²) in [5, 5.41) is 8.42. The topological polar surface area (TPSA) is 34.4 Å². The summed E-state index contributed by atoms with van der Waals surface area (Å²) in [7, 11) is -3.04. The number of pyridine rings is 1. The molecule has 0 bridgehead atoms. The third-order valence-corrected chi connectivity index (χ3v) is 12.1. The lowest BCUT2D eigenvalue weighted by atomic mass is 9.97. The summed E-state index contributed by atoms with van der Waals surface area (Å²) >= 11 is 0. The van der Waals surface area contributed by atoms with Gasteiger partial charge >= 0.3 is 0 Å². The first-order chi connectivity index (χ1) is 22.2. The van der Waals surface area contributed by atoms with Gasteiger partial charge in [-0.2, -0.15) is 0 Å². The minimum absolute atomic E-state index is 0.827. The molecule has 0 aliphatic carbocycles. The van der Waals surface area contributed by atoms with Gasteiger partial charge in [-0.25, -0.2) is 4.98 Å². The zero-order chi connectivity index (χ0) is 30.0. The predicted octanol–water partition coefficient (Wildman–Crippen LogP) is 9.25. The van der Waals surface area contributed by atoms with Gasteiger partial charge in [0.15, 0.2) is 7.14 Å². The molecule has 0 amide bonds. The number of para-hydroxylation sites is 2. The van der Waals surface area contributed by atoms with Crippen molar-refractivity contribution in [3.8, 4) is 11.1 Å². The highest BCUT2D eigenvalue weighted by atomic mass is 31.2. The van der Waals surface area contributed by atoms with Crippen LogP contribution in [0.1, 0.15) is 0 Å². The Bertz CT molecular complexity index is 2560. The van der Waals surface area contributed by atoms with E-state index in [1.165, 1.54) is 21.5 Å². The first-order valence-electron chi connectivity index (χ1n) is 15.2. The summed E-state index contributed by atoms with van der Waals surface area (Å²) < 4.78 is 17.2. The van der Waals surface area contributed by atoms with Crippen molar-refractivity contribution in [3.05, 3.63) is 164 Å². The first-order valence-corrected chi connectivity index (χ1v) is 16.9. The highest BCUT2D eigenvalue weighted by Gasteiger charge is 2.29. The second kappa shape index (κ2) is 10.0. The van der Waals surface area contributed by atoms with Crippen molar-refractivity contribution in [2.75, 3.05) is 0 Å². The van der Waals surface area contributed by atoms with Gasteiger partial charge in [-0.3, -0.25) is 4.40 Å². The molecule has 0 unspecified atom stereocenters. The average molecular weight is 595 g/mol. The molecule has 212 valence electrons. The van der Waals surface area contributed by atoms with Crippen LogP contribution in [0.4, 0.5) is 0 Å². The van der Waals surface area contributed by atoms with E-state index in [4.69, 9.17) is 4.98 Å². The molecule has 0 aliphatic rings. The van der Waals surface area contributed by atoms with Gasteiger partial charge in [0, 0.05) is 26.7 Å². The number of hydrogen-bond acceptors (Lipinski definition) is 2. The molecule has 4 heteroatoms. The molecule has 0 radical (unpaired) electrons. The van der Waals surface area contributed by atoms with Gasteiger partial charge in [0.05, 0.1) is 16.6 Å². The molecular weight excluding hydrogens is 567 g/mol. The van der Waals surface area contributed by atoms with Crippen LogP contribution in [0.2, 0.25) is 0 Å². The van der Waals surface area contributed by atoms with Crippen LogP contribution in [-0.4, -0.2) is 9.38 Å². The maximum Gasteiger partial charge on any atom is 0.171 e. The van der Waals surface area contributed by atoms with Gasteiger partial charge in [0.2, 0.25) is 0 Å². The first kappa shape index (κ1) is 25.9. The lowest BCUT2D eigenvalue weighted by Gasteiger charge is -2.20. The lowest BCUT2D eigenvalue weighted by molar-refractivity contribution is 0.592. The molecule has 3 nitrogen and oxygen atoms in total. The van der Waals surface area contributed by atoms with Crippen molar-refractivity contribution in [1.82, 2.24) is 9.38 Å². The number of rotatable bonds is 4. The maximum absolute atomic E-state index is 14.9. The van der Waals surface area contributed by atoms with Gasteiger partial charge in [0.1, 0.15) is 5.65 Å². The van der Waals surface area contributed by atoms with Gasteiger partial charge in [-0.15, -0.1) is 0 Å². The number of benzene rings is 7. The van der Waals surface area contributed by atoms with E-state index >= 15 is 0 Å². The van der Waals surface area contributed by atoms with E-state index in [0.717, 1.165) is 54.6 Å². The fraction of sp³-hybridized carbons (Fsp3) is 0. The Morgan fingerprint density at radius 1 is 0.467 bits per heavy atom. The van der Waals surface area contributed by atoms with Gasteiger partial charge < -0.3 is 4.57 Å². The van der Waals surface area contributed by atoms with E-state index in [2.05, 4.69) is 89.3 Å². The normalized spacial score (nSPS) is 12.1. The highest BCUT2D eigenvalue weighted by Crippen LogP contribution is 2.43. The molecule has 9 rings (SSSR count). The number of nitrogens with zero attached hydrogens (tertiary/aromatic N) is 2. The second-order valence-electron chi connectivity index (χ2n) is 11.5. The summed E-state index contributed by atoms with van der Waals surface area (Å²) in [6.07, 6.45) is 0. The van der Waals surface area contributed by atoms with E-state index in [0.29, 0.717) is 0 Å². The minimum Gasteiger partial charge on any atom is -0.309 e. The van der Waals surface area contributed by atoms with Gasteiger partial charge in [-0.05, 0) is 51.6 Å². The van der Waals surface area contributed by atoms with Crippen LogP contribution < -0.4 is 15.9 Å². The molecule has 0 saturated carbocycles. The van der Waals surface area contributed by atoms with E-state index in [9.17, 15) is 4.57 Å². The molecule has 0 saturated heterocycles. The summed E-state index contributed by atoms with van der Waals surface area (Å²) in [5.41, 5.74) is 6.38. The van der Waals surface area contributed by atoms with Crippen molar-refractivity contribution in [1.29, 1.82) is 0 Å². The molecule has 0 spiro atoms. The summed E-state index contributed by atoms with van der Waals surface area (Å²) in [6.45, 7) is 0. The number of hydrogen-bond donors (Lipinski definition) is 0. The molecule has 0 atom stereocenters. The van der Waals surface area contributed by atoms with Gasteiger partial charge in [-0.1, -0.05) is 140 Å². The molecular formula is C41H27N2OP. The van der Waals surface area contributed by atoms with Crippen LogP contribution in [0.25, 0.3) is 60.3 Å². The van der Waals surface area contributed by atoms with Crippen LogP contribution in [-0.2, 0) is 4.57 Å². The van der Waals surface area contributed by atoms with Crippen LogP contribution >= 0.6 is 7.14 Å². The van der Waals surface area contributed by atoms with Gasteiger partial charge in [0.25, 0.3) is 0 Å². The molecule has 7 aromatic carbocycles. The van der Waals surface area contributed by atoms with Crippen molar-refractivity contribution >= 4 is 72.2 Å². The van der Waals surface area contributed by atoms with Crippen molar-refractivity contribution in [2.24, 2.45) is 0 Å². The van der Waals surface area contributed by atoms with Crippen LogP contribution in [0.5, 0.6) is 0 Å². The van der Waals surface area contributed by atoms with Crippen molar-refractivity contribution in [3.63, 3.8) is 0 Å².